The van der Waals surface area contributed by atoms with Crippen LogP contribution in [-0.4, -0.2) is 25.7 Å². The Morgan fingerprint density at radius 3 is 2.73 bits per heavy atom. The van der Waals surface area contributed by atoms with Crippen LogP contribution in [0.4, 0.5) is 0 Å². The molecule has 0 atom stereocenters. The Hall–Kier alpha value is -2.63. The van der Waals surface area contributed by atoms with Crippen molar-refractivity contribution in [2.75, 3.05) is 19.8 Å². The Morgan fingerprint density at radius 2 is 1.87 bits per heavy atom. The van der Waals surface area contributed by atoms with Crippen molar-refractivity contribution in [2.45, 2.75) is 45.8 Å². The maximum Gasteiger partial charge on any atom is 0.224 e. The van der Waals surface area contributed by atoms with Crippen molar-refractivity contribution in [2.24, 2.45) is 0 Å². The molecule has 1 heterocycles. The molecule has 5 nitrogen and oxygen atoms in total. The zero-order chi connectivity index (χ0) is 20.8. The number of hydrogen-bond donors (Lipinski definition) is 1. The van der Waals surface area contributed by atoms with Gasteiger partial charge in [0.05, 0.1) is 32.5 Å². The lowest BCUT2D eigenvalue weighted by molar-refractivity contribution is -0.120. The van der Waals surface area contributed by atoms with Gasteiger partial charge in [0.25, 0.3) is 0 Å². The summed E-state index contributed by atoms with van der Waals surface area (Å²) in [6.07, 6.45) is 5.49. The number of carbonyl (C=O) groups excluding carboxylic acids is 1. The smallest absolute Gasteiger partial charge is 0.224 e. The number of rotatable bonds is 10. The van der Waals surface area contributed by atoms with Crippen molar-refractivity contribution in [3.05, 3.63) is 70.5 Å². The molecule has 3 aromatic rings. The van der Waals surface area contributed by atoms with E-state index in [0.717, 1.165) is 40.5 Å². The van der Waals surface area contributed by atoms with Gasteiger partial charge in [0, 0.05) is 24.1 Å². The van der Waals surface area contributed by atoms with Gasteiger partial charge in [-0.15, -0.1) is 0 Å². The van der Waals surface area contributed by atoms with E-state index in [1.54, 1.807) is 6.26 Å². The largest absolute Gasteiger partial charge is 0.464 e. The van der Waals surface area contributed by atoms with E-state index in [4.69, 9.17) is 13.9 Å². The molecule has 1 aromatic heterocycles. The van der Waals surface area contributed by atoms with E-state index in [2.05, 4.69) is 23.5 Å². The van der Waals surface area contributed by atoms with Crippen LogP contribution >= 0.6 is 0 Å². The summed E-state index contributed by atoms with van der Waals surface area (Å²) in [5.74, 6) is -0.00318. The Labute approximate surface area is 177 Å². The summed E-state index contributed by atoms with van der Waals surface area (Å²) in [6, 6.07) is 12.5. The third-order valence-electron chi connectivity index (χ3n) is 5.55. The average Bonchev–Trinajstić information content (AvgIpc) is 3.37. The van der Waals surface area contributed by atoms with Gasteiger partial charge in [0.2, 0.25) is 5.91 Å². The van der Waals surface area contributed by atoms with Crippen molar-refractivity contribution in [3.63, 3.8) is 0 Å². The fourth-order valence-electron chi connectivity index (χ4n) is 4.00. The first-order valence-corrected chi connectivity index (χ1v) is 10.7. The lowest BCUT2D eigenvalue weighted by atomic mass is 10.0. The fourth-order valence-corrected chi connectivity index (χ4v) is 4.00. The highest BCUT2D eigenvalue weighted by atomic mass is 16.5. The molecule has 2 aromatic carbocycles. The average molecular weight is 408 g/mol. The Bertz CT molecular complexity index is 1010. The van der Waals surface area contributed by atoms with Gasteiger partial charge in [0.15, 0.2) is 0 Å². The Kier molecular flexibility index (Phi) is 6.82. The van der Waals surface area contributed by atoms with E-state index < -0.39 is 0 Å². The molecule has 5 heteroatoms. The van der Waals surface area contributed by atoms with Crippen LogP contribution in [0.2, 0.25) is 0 Å². The number of ether oxygens (including phenoxy) is 2. The number of furan rings is 1. The zero-order valence-corrected chi connectivity index (χ0v) is 17.5. The second-order valence-electron chi connectivity index (χ2n) is 7.75. The predicted octanol–water partition coefficient (Wildman–Crippen LogP) is 4.33. The SMILES string of the molecule is CCOCCOCc1cccc(CNC(=O)Cc2coc3cc4c(cc23)CCC4)c1. The van der Waals surface area contributed by atoms with Gasteiger partial charge in [-0.05, 0) is 60.6 Å². The van der Waals surface area contributed by atoms with Crippen molar-refractivity contribution in [3.8, 4) is 0 Å². The minimum Gasteiger partial charge on any atom is -0.464 e. The maximum atomic E-state index is 12.5. The Morgan fingerprint density at radius 1 is 1.07 bits per heavy atom. The molecule has 1 aliphatic carbocycles. The van der Waals surface area contributed by atoms with Gasteiger partial charge in [0.1, 0.15) is 5.58 Å². The second-order valence-corrected chi connectivity index (χ2v) is 7.75. The monoisotopic (exact) mass is 407 g/mol. The molecule has 1 N–H and O–H groups in total. The molecule has 0 fully saturated rings. The first-order chi connectivity index (χ1) is 14.7. The maximum absolute atomic E-state index is 12.5. The summed E-state index contributed by atoms with van der Waals surface area (Å²) < 4.78 is 16.6. The van der Waals surface area contributed by atoms with Crippen LogP contribution in [0.25, 0.3) is 11.0 Å². The van der Waals surface area contributed by atoms with E-state index in [0.29, 0.717) is 39.4 Å². The van der Waals surface area contributed by atoms with Gasteiger partial charge < -0.3 is 19.2 Å². The molecular formula is C25H29NO4. The molecule has 30 heavy (non-hydrogen) atoms. The van der Waals surface area contributed by atoms with Crippen LogP contribution in [0, 0.1) is 0 Å². The van der Waals surface area contributed by atoms with Crippen LogP contribution in [0.1, 0.15) is 41.2 Å². The van der Waals surface area contributed by atoms with Crippen LogP contribution in [-0.2, 0) is 46.7 Å². The molecular weight excluding hydrogens is 378 g/mol. The number of fused-ring (bicyclic) bond motifs is 2. The van der Waals surface area contributed by atoms with E-state index >= 15 is 0 Å². The molecule has 0 unspecified atom stereocenters. The van der Waals surface area contributed by atoms with Crippen LogP contribution < -0.4 is 5.32 Å². The molecule has 0 saturated carbocycles. The van der Waals surface area contributed by atoms with Gasteiger partial charge in [-0.25, -0.2) is 0 Å². The molecule has 4 rings (SSSR count). The van der Waals surface area contributed by atoms with Gasteiger partial charge in [-0.2, -0.15) is 0 Å². The number of hydrogen-bond acceptors (Lipinski definition) is 4. The van der Waals surface area contributed by atoms with Crippen LogP contribution in [0.5, 0.6) is 0 Å². The minimum atomic E-state index is -0.00318. The molecule has 0 saturated heterocycles. The summed E-state index contributed by atoms with van der Waals surface area (Å²) in [5.41, 5.74) is 6.77. The lowest BCUT2D eigenvalue weighted by Gasteiger charge is -2.08. The van der Waals surface area contributed by atoms with Gasteiger partial charge in [-0.1, -0.05) is 24.3 Å². The second kappa shape index (κ2) is 9.92. The number of amides is 1. The van der Waals surface area contributed by atoms with E-state index in [9.17, 15) is 4.79 Å². The quantitative estimate of drug-likeness (QED) is 0.508. The number of aryl methyl sites for hydroxylation is 2. The summed E-state index contributed by atoms with van der Waals surface area (Å²) in [4.78, 5) is 12.5. The first kappa shape index (κ1) is 20.6. The molecule has 0 radical (unpaired) electrons. The van der Waals surface area contributed by atoms with Crippen LogP contribution in [0.3, 0.4) is 0 Å². The normalized spacial score (nSPS) is 13.0. The molecule has 1 aliphatic rings. The fraction of sp³-hybridized carbons (Fsp3) is 0.400. The number of nitrogens with one attached hydrogen (secondary N) is 1. The standard InChI is InChI=1S/C25H29NO4/c1-2-28-9-10-29-16-19-6-3-5-18(11-19)15-26-25(27)14-22-17-30-24-13-21-8-4-7-20(21)12-23(22)24/h3,5-6,11-13,17H,2,4,7-10,14-16H2,1H3,(H,26,27). The molecule has 1 amide bonds. The minimum absolute atomic E-state index is 0.00318. The highest BCUT2D eigenvalue weighted by Gasteiger charge is 2.16. The lowest BCUT2D eigenvalue weighted by Crippen LogP contribution is -2.24. The number of benzene rings is 2. The van der Waals surface area contributed by atoms with E-state index in [-0.39, 0.29) is 5.91 Å². The van der Waals surface area contributed by atoms with Crippen molar-refractivity contribution >= 4 is 16.9 Å². The highest BCUT2D eigenvalue weighted by molar-refractivity contribution is 5.88. The summed E-state index contributed by atoms with van der Waals surface area (Å²) in [6.45, 7) is 4.90. The van der Waals surface area contributed by atoms with E-state index in [1.165, 1.54) is 17.5 Å². The third kappa shape index (κ3) is 5.10. The molecule has 0 aliphatic heterocycles. The Balaban J connectivity index is 1.30. The highest BCUT2D eigenvalue weighted by Crippen LogP contribution is 2.30. The molecule has 158 valence electrons. The predicted molar refractivity (Wildman–Crippen MR) is 116 cm³/mol. The van der Waals surface area contributed by atoms with Gasteiger partial charge >= 0.3 is 0 Å². The summed E-state index contributed by atoms with van der Waals surface area (Å²) in [7, 11) is 0. The van der Waals surface area contributed by atoms with E-state index in [1.807, 2.05) is 25.1 Å². The van der Waals surface area contributed by atoms with Crippen LogP contribution in [0.15, 0.2) is 47.1 Å². The summed E-state index contributed by atoms with van der Waals surface area (Å²) in [5, 5.41) is 4.09. The van der Waals surface area contributed by atoms with Crippen molar-refractivity contribution in [1.29, 1.82) is 0 Å². The zero-order valence-electron chi connectivity index (χ0n) is 17.5. The van der Waals surface area contributed by atoms with Gasteiger partial charge in [-0.3, -0.25) is 4.79 Å². The number of carbonyl (C=O) groups is 1. The third-order valence-corrected chi connectivity index (χ3v) is 5.55. The summed E-state index contributed by atoms with van der Waals surface area (Å²) >= 11 is 0. The van der Waals surface area contributed by atoms with Crippen molar-refractivity contribution < 1.29 is 18.7 Å². The molecule has 0 bridgehead atoms. The first-order valence-electron chi connectivity index (χ1n) is 10.7. The topological polar surface area (TPSA) is 60.7 Å². The van der Waals surface area contributed by atoms with Crippen molar-refractivity contribution in [1.82, 2.24) is 5.32 Å². The molecule has 0 spiro atoms.